The Labute approximate surface area is 54.4 Å². The number of aliphatic hydroxyl groups excluding tert-OH is 3. The van der Waals surface area contributed by atoms with Gasteiger partial charge in [0, 0.05) is 0 Å². The Hall–Kier alpha value is -0.160. The molecule has 0 aliphatic rings. The molecule has 9 heavy (non-hydrogen) atoms. The maximum absolute atomic E-state index is 8.11. The fourth-order valence-electron chi connectivity index (χ4n) is 0. The van der Waals surface area contributed by atoms with E-state index in [2.05, 4.69) is 0 Å². The van der Waals surface area contributed by atoms with Gasteiger partial charge in [-0.25, -0.2) is 0 Å². The van der Waals surface area contributed by atoms with Crippen molar-refractivity contribution < 1.29 is 20.4 Å². The highest BCUT2D eigenvalue weighted by atomic mass is 16.5. The zero-order valence-corrected chi connectivity index (χ0v) is 5.65. The molecule has 0 radical (unpaired) electrons. The fourth-order valence-corrected chi connectivity index (χ4v) is 0. The molecule has 0 aromatic carbocycles. The molecule has 1 unspecified atom stereocenters. The van der Waals surface area contributed by atoms with E-state index in [1.807, 2.05) is 0 Å². The quantitative estimate of drug-likeness (QED) is 0.339. The molecule has 0 amide bonds. The minimum absolute atomic E-state index is 0.139. The van der Waals surface area contributed by atoms with Gasteiger partial charge < -0.3 is 20.4 Å². The molecule has 0 aromatic heterocycles. The van der Waals surface area contributed by atoms with Crippen LogP contribution in [0.2, 0.25) is 0 Å². The molecule has 58 valence electrons. The Kier molecular flexibility index (Phi) is 10.1. The van der Waals surface area contributed by atoms with Crippen LogP contribution in [0.25, 0.3) is 0 Å². The molecule has 4 nitrogen and oxygen atoms in total. The summed E-state index contributed by atoms with van der Waals surface area (Å²) < 4.78 is 0. The van der Waals surface area contributed by atoms with Crippen LogP contribution in [-0.4, -0.2) is 39.4 Å². The van der Waals surface area contributed by atoms with Gasteiger partial charge in [-0.3, -0.25) is 0 Å². The number of aliphatic hydroxyl groups is 4. The van der Waals surface area contributed by atoms with Gasteiger partial charge in [-0.05, 0) is 13.8 Å². The molecule has 4 heteroatoms. The molecule has 0 fully saturated rings. The van der Waals surface area contributed by atoms with Crippen molar-refractivity contribution in [1.29, 1.82) is 0 Å². The summed E-state index contributed by atoms with van der Waals surface area (Å²) in [5.41, 5.74) is 0. The summed E-state index contributed by atoms with van der Waals surface area (Å²) in [5, 5.41) is 31.2. The highest BCUT2D eigenvalue weighted by Crippen LogP contribution is 1.68. The lowest BCUT2D eigenvalue weighted by Crippen LogP contribution is -2.03. The van der Waals surface area contributed by atoms with Crippen molar-refractivity contribution in [2.75, 3.05) is 6.61 Å². The van der Waals surface area contributed by atoms with Gasteiger partial charge in [-0.2, -0.15) is 0 Å². The second-order valence-corrected chi connectivity index (χ2v) is 1.66. The van der Waals surface area contributed by atoms with Gasteiger partial charge in [0.15, 0.2) is 0 Å². The predicted octanol–water partition coefficient (Wildman–Crippen LogP) is -1.32. The summed E-state index contributed by atoms with van der Waals surface area (Å²) in [6, 6.07) is 0. The van der Waals surface area contributed by atoms with Crippen molar-refractivity contribution in [2.24, 2.45) is 0 Å². The van der Waals surface area contributed by atoms with Crippen molar-refractivity contribution in [2.45, 2.75) is 26.2 Å². The van der Waals surface area contributed by atoms with Crippen molar-refractivity contribution in [3.63, 3.8) is 0 Å². The van der Waals surface area contributed by atoms with Crippen LogP contribution in [-0.2, 0) is 0 Å². The Morgan fingerprint density at radius 3 is 1.22 bits per heavy atom. The average Bonchev–Trinajstić information content (AvgIpc) is 1.65. The standard InChI is InChI=1S/C3H8O2.C2H6O2/c1-3(5)2-4;1-2(3)4/h3-5H,2H2,1H3;2-4H,1H3. The highest BCUT2D eigenvalue weighted by Gasteiger charge is 1.83. The van der Waals surface area contributed by atoms with E-state index < -0.39 is 12.4 Å². The van der Waals surface area contributed by atoms with Crippen LogP contribution in [0.4, 0.5) is 0 Å². The molecule has 0 bridgehead atoms. The molecular weight excluding hydrogens is 124 g/mol. The summed E-state index contributed by atoms with van der Waals surface area (Å²) in [5.74, 6) is 0. The van der Waals surface area contributed by atoms with Gasteiger partial charge in [0.2, 0.25) is 0 Å². The lowest BCUT2D eigenvalue weighted by molar-refractivity contribution is -0.0228. The van der Waals surface area contributed by atoms with Crippen LogP contribution < -0.4 is 0 Å². The molecule has 0 saturated heterocycles. The van der Waals surface area contributed by atoms with E-state index in [0.717, 1.165) is 0 Å². The smallest absolute Gasteiger partial charge is 0.148 e. The lowest BCUT2D eigenvalue weighted by Gasteiger charge is -1.90. The first-order valence-electron chi connectivity index (χ1n) is 2.65. The normalized spacial score (nSPS) is 12.3. The summed E-state index contributed by atoms with van der Waals surface area (Å²) in [6.45, 7) is 2.67. The van der Waals surface area contributed by atoms with Crippen LogP contribution in [0.3, 0.4) is 0 Å². The maximum atomic E-state index is 8.11. The minimum atomic E-state index is -1.17. The van der Waals surface area contributed by atoms with Gasteiger partial charge in [0.05, 0.1) is 12.7 Å². The summed E-state index contributed by atoms with van der Waals surface area (Å²) in [6.07, 6.45) is -1.73. The Balaban J connectivity index is 0. The molecule has 0 spiro atoms. The number of hydrogen-bond donors (Lipinski definition) is 4. The molecule has 0 aliphatic heterocycles. The van der Waals surface area contributed by atoms with E-state index in [1.54, 1.807) is 0 Å². The molecular formula is C5H14O4. The second-order valence-electron chi connectivity index (χ2n) is 1.66. The van der Waals surface area contributed by atoms with E-state index in [0.29, 0.717) is 0 Å². The molecule has 0 heterocycles. The summed E-state index contributed by atoms with van der Waals surface area (Å²) in [7, 11) is 0. The van der Waals surface area contributed by atoms with E-state index >= 15 is 0 Å². The Morgan fingerprint density at radius 1 is 1.11 bits per heavy atom. The van der Waals surface area contributed by atoms with Gasteiger partial charge in [-0.1, -0.05) is 0 Å². The third-order valence-electron chi connectivity index (χ3n) is 0.264. The van der Waals surface area contributed by atoms with Crippen molar-refractivity contribution >= 4 is 0 Å². The van der Waals surface area contributed by atoms with Crippen molar-refractivity contribution in [3.05, 3.63) is 0 Å². The van der Waals surface area contributed by atoms with Crippen molar-refractivity contribution in [1.82, 2.24) is 0 Å². The Morgan fingerprint density at radius 2 is 1.22 bits per heavy atom. The Bertz CT molecular complexity index is 41.5. The maximum Gasteiger partial charge on any atom is 0.148 e. The highest BCUT2D eigenvalue weighted by molar-refractivity contribution is 4.34. The zero-order valence-electron chi connectivity index (χ0n) is 5.65. The zero-order chi connectivity index (χ0) is 7.86. The molecule has 0 aromatic rings. The number of hydrogen-bond acceptors (Lipinski definition) is 4. The topological polar surface area (TPSA) is 80.9 Å². The van der Waals surface area contributed by atoms with Crippen LogP contribution in [0, 0.1) is 0 Å². The summed E-state index contributed by atoms with van der Waals surface area (Å²) in [4.78, 5) is 0. The van der Waals surface area contributed by atoms with Gasteiger partial charge in [0.25, 0.3) is 0 Å². The average molecular weight is 138 g/mol. The number of rotatable bonds is 1. The van der Waals surface area contributed by atoms with Crippen LogP contribution in [0.15, 0.2) is 0 Å². The minimum Gasteiger partial charge on any atom is -0.394 e. The molecule has 0 rings (SSSR count). The van der Waals surface area contributed by atoms with E-state index in [4.69, 9.17) is 20.4 Å². The SMILES string of the molecule is CC(O)CO.CC(O)O. The predicted molar refractivity (Wildman–Crippen MR) is 32.7 cm³/mol. The van der Waals surface area contributed by atoms with E-state index in [9.17, 15) is 0 Å². The van der Waals surface area contributed by atoms with Gasteiger partial charge >= 0.3 is 0 Å². The molecule has 1 atom stereocenters. The largest absolute Gasteiger partial charge is 0.394 e. The first kappa shape index (κ1) is 11.6. The first-order chi connectivity index (χ1) is 4.00. The third-order valence-corrected chi connectivity index (χ3v) is 0.264. The van der Waals surface area contributed by atoms with Crippen LogP contribution >= 0.6 is 0 Å². The van der Waals surface area contributed by atoms with E-state index in [1.165, 1.54) is 13.8 Å². The third kappa shape index (κ3) is 79.0. The van der Waals surface area contributed by atoms with Gasteiger partial charge in [0.1, 0.15) is 6.29 Å². The van der Waals surface area contributed by atoms with Gasteiger partial charge in [-0.15, -0.1) is 0 Å². The second kappa shape index (κ2) is 7.84. The monoisotopic (exact) mass is 138 g/mol. The molecule has 0 saturated carbocycles. The van der Waals surface area contributed by atoms with Crippen molar-refractivity contribution in [3.8, 4) is 0 Å². The first-order valence-corrected chi connectivity index (χ1v) is 2.65. The van der Waals surface area contributed by atoms with Crippen LogP contribution in [0.5, 0.6) is 0 Å². The summed E-state index contributed by atoms with van der Waals surface area (Å²) >= 11 is 0. The molecule has 4 N–H and O–H groups in total. The fraction of sp³-hybridized carbons (Fsp3) is 1.00. The lowest BCUT2D eigenvalue weighted by atomic mass is 10.5. The van der Waals surface area contributed by atoms with E-state index in [-0.39, 0.29) is 6.61 Å². The molecule has 0 aliphatic carbocycles. The van der Waals surface area contributed by atoms with Crippen LogP contribution in [0.1, 0.15) is 13.8 Å².